The molecule has 2 aromatic rings. The first-order valence-corrected chi connectivity index (χ1v) is 10.4. The van der Waals surface area contributed by atoms with E-state index >= 15 is 0 Å². The van der Waals surface area contributed by atoms with Gasteiger partial charge in [-0.3, -0.25) is 19.2 Å². The Kier molecular flexibility index (Phi) is 5.94. The molecular weight excluding hydrogens is 354 g/mol. The van der Waals surface area contributed by atoms with Gasteiger partial charge in [0.05, 0.1) is 30.4 Å². The summed E-state index contributed by atoms with van der Waals surface area (Å²) in [7, 11) is 0. The van der Waals surface area contributed by atoms with Crippen molar-refractivity contribution < 1.29 is 4.74 Å². The Balaban J connectivity index is 1.37. The predicted molar refractivity (Wildman–Crippen MR) is 112 cm³/mol. The zero-order valence-corrected chi connectivity index (χ0v) is 17.0. The second kappa shape index (κ2) is 8.59. The molecule has 0 saturated carbocycles. The maximum absolute atomic E-state index is 12.6. The van der Waals surface area contributed by atoms with Crippen LogP contribution in [0.15, 0.2) is 29.3 Å². The van der Waals surface area contributed by atoms with Gasteiger partial charge in [0.1, 0.15) is 0 Å². The van der Waals surface area contributed by atoms with E-state index in [0.29, 0.717) is 5.39 Å². The highest BCUT2D eigenvalue weighted by Gasteiger charge is 2.19. The van der Waals surface area contributed by atoms with Gasteiger partial charge in [0.25, 0.3) is 5.56 Å². The van der Waals surface area contributed by atoms with Crippen LogP contribution in [0.3, 0.4) is 0 Å². The van der Waals surface area contributed by atoms with Gasteiger partial charge in [0, 0.05) is 64.1 Å². The van der Waals surface area contributed by atoms with Crippen molar-refractivity contribution in [3.63, 3.8) is 0 Å². The molecular formula is C21H31N5O2. The highest BCUT2D eigenvalue weighted by atomic mass is 16.5. The maximum Gasteiger partial charge on any atom is 0.261 e. The van der Waals surface area contributed by atoms with Crippen LogP contribution in [-0.4, -0.2) is 84.9 Å². The molecule has 0 bridgehead atoms. The second-order valence-electron chi connectivity index (χ2n) is 8.03. The third-order valence-corrected chi connectivity index (χ3v) is 5.90. The van der Waals surface area contributed by atoms with Crippen molar-refractivity contribution in [3.8, 4) is 0 Å². The van der Waals surface area contributed by atoms with Gasteiger partial charge in [-0.2, -0.15) is 0 Å². The molecule has 152 valence electrons. The van der Waals surface area contributed by atoms with E-state index in [0.717, 1.165) is 76.8 Å². The molecule has 0 radical (unpaired) electrons. The van der Waals surface area contributed by atoms with Crippen LogP contribution in [0.4, 0.5) is 5.69 Å². The number of hydrogen-bond donors (Lipinski definition) is 0. The van der Waals surface area contributed by atoms with Crippen molar-refractivity contribution in [1.82, 2.24) is 19.4 Å². The number of morpholine rings is 1. The Morgan fingerprint density at radius 3 is 2.36 bits per heavy atom. The third-order valence-electron chi connectivity index (χ3n) is 5.90. The Morgan fingerprint density at radius 2 is 1.68 bits per heavy atom. The van der Waals surface area contributed by atoms with Crippen LogP contribution >= 0.6 is 0 Å². The summed E-state index contributed by atoms with van der Waals surface area (Å²) in [5, 5.41) is 0.698. The topological polar surface area (TPSA) is 53.8 Å². The van der Waals surface area contributed by atoms with E-state index in [1.807, 2.05) is 19.9 Å². The fourth-order valence-electron chi connectivity index (χ4n) is 4.03. The minimum absolute atomic E-state index is 0.0412. The van der Waals surface area contributed by atoms with Gasteiger partial charge in [-0.25, -0.2) is 4.98 Å². The largest absolute Gasteiger partial charge is 0.379 e. The molecule has 0 unspecified atom stereocenters. The molecule has 7 heteroatoms. The number of hydrogen-bond acceptors (Lipinski definition) is 6. The first-order valence-electron chi connectivity index (χ1n) is 10.4. The monoisotopic (exact) mass is 385 g/mol. The molecule has 0 amide bonds. The summed E-state index contributed by atoms with van der Waals surface area (Å²) in [6.07, 6.45) is 1.67. The number of benzene rings is 1. The number of aromatic nitrogens is 2. The van der Waals surface area contributed by atoms with E-state index in [1.165, 1.54) is 0 Å². The first kappa shape index (κ1) is 19.4. The third kappa shape index (κ3) is 4.21. The van der Waals surface area contributed by atoms with Crippen molar-refractivity contribution in [2.24, 2.45) is 0 Å². The van der Waals surface area contributed by atoms with E-state index in [1.54, 1.807) is 10.9 Å². The van der Waals surface area contributed by atoms with Gasteiger partial charge in [-0.05, 0) is 32.0 Å². The first-order chi connectivity index (χ1) is 13.6. The van der Waals surface area contributed by atoms with Crippen LogP contribution in [0, 0.1) is 0 Å². The van der Waals surface area contributed by atoms with Crippen LogP contribution < -0.4 is 10.5 Å². The Hall–Kier alpha value is -1.96. The minimum Gasteiger partial charge on any atom is -0.379 e. The molecule has 1 aromatic carbocycles. The van der Waals surface area contributed by atoms with Crippen LogP contribution in [0.5, 0.6) is 0 Å². The summed E-state index contributed by atoms with van der Waals surface area (Å²) in [5.41, 5.74) is 1.99. The molecule has 28 heavy (non-hydrogen) atoms. The molecule has 7 nitrogen and oxygen atoms in total. The normalized spacial score (nSPS) is 19.6. The highest BCUT2D eigenvalue weighted by molar-refractivity contribution is 5.81. The standard InChI is InChI=1S/C21H31N5O2/c1-17(2)26-16-22-20-15-18(3-4-19(20)21(26)27)25-9-7-23(8-10-25)5-6-24-11-13-28-14-12-24/h3-4,15-17H,5-14H2,1-2H3. The fraction of sp³-hybridized carbons (Fsp3) is 0.619. The maximum atomic E-state index is 12.6. The van der Waals surface area contributed by atoms with Crippen molar-refractivity contribution in [1.29, 1.82) is 0 Å². The molecule has 2 saturated heterocycles. The lowest BCUT2D eigenvalue weighted by Crippen LogP contribution is -2.49. The molecule has 2 aliphatic rings. The quantitative estimate of drug-likeness (QED) is 0.776. The number of ether oxygens (including phenoxy) is 1. The van der Waals surface area contributed by atoms with Crippen molar-refractivity contribution in [3.05, 3.63) is 34.9 Å². The SMILES string of the molecule is CC(C)n1cnc2cc(N3CCN(CCN4CCOCC4)CC3)ccc2c1=O. The minimum atomic E-state index is 0.0412. The lowest BCUT2D eigenvalue weighted by atomic mass is 10.2. The molecule has 2 aliphatic heterocycles. The molecule has 0 atom stereocenters. The van der Waals surface area contributed by atoms with Crippen molar-refractivity contribution in [2.45, 2.75) is 19.9 Å². The number of rotatable bonds is 5. The Labute approximate surface area is 166 Å². The van der Waals surface area contributed by atoms with Gasteiger partial charge in [0.15, 0.2) is 0 Å². The van der Waals surface area contributed by atoms with E-state index in [-0.39, 0.29) is 11.6 Å². The van der Waals surface area contributed by atoms with Crippen molar-refractivity contribution >= 4 is 16.6 Å². The van der Waals surface area contributed by atoms with Crippen LogP contribution in [0.25, 0.3) is 10.9 Å². The zero-order valence-electron chi connectivity index (χ0n) is 17.0. The summed E-state index contributed by atoms with van der Waals surface area (Å²) in [6.45, 7) is 14.3. The second-order valence-corrected chi connectivity index (χ2v) is 8.03. The molecule has 0 N–H and O–H groups in total. The van der Waals surface area contributed by atoms with E-state index in [4.69, 9.17) is 4.74 Å². The van der Waals surface area contributed by atoms with Gasteiger partial charge < -0.3 is 9.64 Å². The molecule has 0 aliphatic carbocycles. The summed E-state index contributed by atoms with van der Waals surface area (Å²) >= 11 is 0. The summed E-state index contributed by atoms with van der Waals surface area (Å²) in [5.74, 6) is 0. The van der Waals surface area contributed by atoms with Gasteiger partial charge in [-0.15, -0.1) is 0 Å². The number of nitrogens with zero attached hydrogens (tertiary/aromatic N) is 5. The Bertz CT molecular complexity index is 851. The number of piperazine rings is 1. The smallest absolute Gasteiger partial charge is 0.261 e. The zero-order chi connectivity index (χ0) is 19.5. The molecule has 3 heterocycles. The summed E-state index contributed by atoms with van der Waals surface area (Å²) < 4.78 is 7.11. The highest BCUT2D eigenvalue weighted by Crippen LogP contribution is 2.21. The number of anilines is 1. The van der Waals surface area contributed by atoms with Gasteiger partial charge >= 0.3 is 0 Å². The lowest BCUT2D eigenvalue weighted by Gasteiger charge is -2.37. The van der Waals surface area contributed by atoms with E-state index in [2.05, 4.69) is 31.8 Å². The lowest BCUT2D eigenvalue weighted by molar-refractivity contribution is 0.0331. The molecule has 2 fully saturated rings. The van der Waals surface area contributed by atoms with Crippen LogP contribution in [0.1, 0.15) is 19.9 Å². The summed E-state index contributed by atoms with van der Waals surface area (Å²) in [6, 6.07) is 6.18. The van der Waals surface area contributed by atoms with E-state index < -0.39 is 0 Å². The number of fused-ring (bicyclic) bond motifs is 1. The average Bonchev–Trinajstić information content (AvgIpc) is 2.73. The Morgan fingerprint density at radius 1 is 1.00 bits per heavy atom. The molecule has 0 spiro atoms. The van der Waals surface area contributed by atoms with Gasteiger partial charge in [0.2, 0.25) is 0 Å². The molecule has 1 aromatic heterocycles. The van der Waals surface area contributed by atoms with Crippen LogP contribution in [0.2, 0.25) is 0 Å². The average molecular weight is 386 g/mol. The van der Waals surface area contributed by atoms with Crippen LogP contribution in [-0.2, 0) is 4.74 Å². The summed E-state index contributed by atoms with van der Waals surface area (Å²) in [4.78, 5) is 24.6. The fourth-order valence-corrected chi connectivity index (χ4v) is 4.03. The van der Waals surface area contributed by atoms with E-state index in [9.17, 15) is 4.79 Å². The predicted octanol–water partition coefficient (Wildman–Crippen LogP) is 1.43. The van der Waals surface area contributed by atoms with Gasteiger partial charge in [-0.1, -0.05) is 0 Å². The molecule has 4 rings (SSSR count). The van der Waals surface area contributed by atoms with Crippen molar-refractivity contribution in [2.75, 3.05) is 70.5 Å².